The molecule has 2 rings (SSSR count). The first-order valence-corrected chi connectivity index (χ1v) is 6.57. The maximum atomic E-state index is 13.6. The van der Waals surface area contributed by atoms with Gasteiger partial charge in [-0.1, -0.05) is 33.6 Å². The van der Waals surface area contributed by atoms with Crippen molar-refractivity contribution in [3.63, 3.8) is 0 Å². The summed E-state index contributed by atoms with van der Waals surface area (Å²) in [6.07, 6.45) is -0.274. The first-order chi connectivity index (χ1) is 8.99. The smallest absolute Gasteiger partial charge is 0.170 e. The van der Waals surface area contributed by atoms with Gasteiger partial charge < -0.3 is 0 Å². The summed E-state index contributed by atoms with van der Waals surface area (Å²) in [7, 11) is 0. The largest absolute Gasteiger partial charge is 0.294 e. The lowest BCUT2D eigenvalue weighted by Crippen LogP contribution is -2.08. The summed E-state index contributed by atoms with van der Waals surface area (Å²) in [6, 6.07) is 8.26. The summed E-state index contributed by atoms with van der Waals surface area (Å²) in [5, 5.41) is 0.158. The zero-order valence-electron chi connectivity index (χ0n) is 9.59. The first-order valence-electron chi connectivity index (χ1n) is 5.40. The Balaban J connectivity index is 2.31. The average Bonchev–Trinajstić information content (AvgIpc) is 2.33. The fourth-order valence-electron chi connectivity index (χ4n) is 1.67. The van der Waals surface area contributed by atoms with Crippen LogP contribution in [0.4, 0.5) is 8.78 Å². The molecule has 0 unspecified atom stereocenters. The fourth-order valence-corrected chi connectivity index (χ4v) is 2.24. The second-order valence-electron chi connectivity index (χ2n) is 3.92. The van der Waals surface area contributed by atoms with Crippen LogP contribution < -0.4 is 0 Å². The second kappa shape index (κ2) is 5.80. The minimum absolute atomic E-state index is 0.0801. The van der Waals surface area contributed by atoms with E-state index in [-0.39, 0.29) is 22.6 Å². The van der Waals surface area contributed by atoms with Crippen molar-refractivity contribution in [2.75, 3.05) is 0 Å². The van der Waals surface area contributed by atoms with Crippen molar-refractivity contribution in [2.45, 2.75) is 6.42 Å². The molecular formula is C14H8BrClF2O. The summed E-state index contributed by atoms with van der Waals surface area (Å²) in [5.41, 5.74) is -0.000921. The fraction of sp³-hybridized carbons (Fsp3) is 0.0714. The maximum absolute atomic E-state index is 13.6. The highest BCUT2D eigenvalue weighted by Gasteiger charge is 2.16. The Morgan fingerprint density at radius 2 is 1.89 bits per heavy atom. The van der Waals surface area contributed by atoms with E-state index in [1.54, 1.807) is 6.07 Å². The predicted molar refractivity (Wildman–Crippen MR) is 73.5 cm³/mol. The first kappa shape index (κ1) is 14.2. The normalized spacial score (nSPS) is 10.5. The van der Waals surface area contributed by atoms with Crippen molar-refractivity contribution in [3.8, 4) is 0 Å². The second-order valence-corrected chi connectivity index (χ2v) is 5.25. The molecule has 0 fully saturated rings. The molecule has 0 saturated heterocycles. The Morgan fingerprint density at radius 3 is 2.53 bits per heavy atom. The molecule has 0 radical (unpaired) electrons. The van der Waals surface area contributed by atoms with E-state index in [0.717, 1.165) is 0 Å². The van der Waals surface area contributed by atoms with Gasteiger partial charge in [0.05, 0.1) is 5.56 Å². The van der Waals surface area contributed by atoms with Crippen molar-refractivity contribution in [1.82, 2.24) is 0 Å². The Hall–Kier alpha value is -1.26. The number of rotatable bonds is 3. The van der Waals surface area contributed by atoms with Crippen LogP contribution in [-0.2, 0) is 6.42 Å². The number of hydrogen-bond donors (Lipinski definition) is 0. The highest BCUT2D eigenvalue weighted by molar-refractivity contribution is 9.10. The van der Waals surface area contributed by atoms with Gasteiger partial charge in [-0.3, -0.25) is 4.79 Å². The summed E-state index contributed by atoms with van der Waals surface area (Å²) in [4.78, 5) is 12.0. The zero-order valence-corrected chi connectivity index (χ0v) is 11.9. The molecule has 0 atom stereocenters. The molecule has 0 aliphatic rings. The van der Waals surface area contributed by atoms with Crippen LogP contribution in [0, 0.1) is 11.6 Å². The molecule has 0 aliphatic heterocycles. The van der Waals surface area contributed by atoms with Gasteiger partial charge in [0, 0.05) is 21.5 Å². The van der Waals surface area contributed by atoms with E-state index in [2.05, 4.69) is 15.9 Å². The molecular weight excluding hydrogens is 338 g/mol. The number of ketones is 1. The van der Waals surface area contributed by atoms with E-state index in [4.69, 9.17) is 11.6 Å². The topological polar surface area (TPSA) is 17.1 Å². The lowest BCUT2D eigenvalue weighted by Gasteiger charge is -2.06. The van der Waals surface area contributed by atoms with Crippen LogP contribution >= 0.6 is 27.5 Å². The quantitative estimate of drug-likeness (QED) is 0.730. The van der Waals surface area contributed by atoms with E-state index < -0.39 is 17.4 Å². The van der Waals surface area contributed by atoms with Crippen molar-refractivity contribution in [2.24, 2.45) is 0 Å². The molecule has 0 heterocycles. The average molecular weight is 346 g/mol. The van der Waals surface area contributed by atoms with Crippen molar-refractivity contribution in [1.29, 1.82) is 0 Å². The molecule has 19 heavy (non-hydrogen) atoms. The van der Waals surface area contributed by atoms with E-state index in [0.29, 0.717) is 4.47 Å². The van der Waals surface area contributed by atoms with Gasteiger partial charge in [-0.25, -0.2) is 8.78 Å². The number of carbonyl (C=O) groups excluding carboxylic acids is 1. The van der Waals surface area contributed by atoms with Crippen molar-refractivity contribution in [3.05, 3.63) is 68.7 Å². The molecule has 0 spiro atoms. The molecule has 0 amide bonds. The third-order valence-corrected chi connectivity index (χ3v) is 3.48. The molecule has 2 aromatic rings. The molecule has 0 N–H and O–H groups in total. The van der Waals surface area contributed by atoms with Gasteiger partial charge in [-0.05, 0) is 30.3 Å². The van der Waals surface area contributed by atoms with Crippen molar-refractivity contribution < 1.29 is 13.6 Å². The molecule has 0 bridgehead atoms. The van der Waals surface area contributed by atoms with E-state index >= 15 is 0 Å². The molecule has 0 aliphatic carbocycles. The van der Waals surface area contributed by atoms with E-state index in [1.165, 1.54) is 30.3 Å². The van der Waals surface area contributed by atoms with Gasteiger partial charge in [-0.15, -0.1) is 0 Å². The molecule has 0 aromatic heterocycles. The highest BCUT2D eigenvalue weighted by Crippen LogP contribution is 2.22. The Morgan fingerprint density at radius 1 is 1.16 bits per heavy atom. The van der Waals surface area contributed by atoms with Gasteiger partial charge >= 0.3 is 0 Å². The number of hydrogen-bond acceptors (Lipinski definition) is 1. The SMILES string of the molecule is O=C(Cc1c(F)cccc1Cl)c1ccc(Br)cc1F. The van der Waals surface area contributed by atoms with E-state index in [9.17, 15) is 13.6 Å². The Labute approximate surface area is 122 Å². The van der Waals surface area contributed by atoms with Gasteiger partial charge in [0.1, 0.15) is 11.6 Å². The van der Waals surface area contributed by atoms with Crippen LogP contribution in [0.25, 0.3) is 0 Å². The summed E-state index contributed by atoms with van der Waals surface area (Å²) >= 11 is 8.94. The van der Waals surface area contributed by atoms with Crippen LogP contribution in [0.2, 0.25) is 5.02 Å². The van der Waals surface area contributed by atoms with Crippen LogP contribution in [-0.4, -0.2) is 5.78 Å². The summed E-state index contributed by atoms with van der Waals surface area (Å²) in [6.45, 7) is 0. The van der Waals surface area contributed by atoms with Gasteiger partial charge in [0.25, 0.3) is 0 Å². The molecule has 2 aromatic carbocycles. The molecule has 5 heteroatoms. The van der Waals surface area contributed by atoms with Crippen LogP contribution in [0.5, 0.6) is 0 Å². The lowest BCUT2D eigenvalue weighted by molar-refractivity contribution is 0.0988. The summed E-state index contributed by atoms with van der Waals surface area (Å²) in [5.74, 6) is -1.73. The van der Waals surface area contributed by atoms with Crippen LogP contribution in [0.3, 0.4) is 0 Å². The van der Waals surface area contributed by atoms with Gasteiger partial charge in [-0.2, -0.15) is 0 Å². The van der Waals surface area contributed by atoms with Crippen molar-refractivity contribution >= 4 is 33.3 Å². The Bertz CT molecular complexity index is 623. The number of carbonyl (C=O) groups is 1. The zero-order chi connectivity index (χ0) is 14.0. The molecule has 0 saturated carbocycles. The van der Waals surface area contributed by atoms with Gasteiger partial charge in [0.15, 0.2) is 5.78 Å². The molecule has 1 nitrogen and oxygen atoms in total. The Kier molecular flexibility index (Phi) is 4.32. The minimum atomic E-state index is -0.646. The maximum Gasteiger partial charge on any atom is 0.170 e. The minimum Gasteiger partial charge on any atom is -0.294 e. The number of halogens is 4. The number of Topliss-reactive ketones (excluding diaryl/α,β-unsaturated/α-hetero) is 1. The van der Waals surface area contributed by atoms with Crippen LogP contribution in [0.15, 0.2) is 40.9 Å². The highest BCUT2D eigenvalue weighted by atomic mass is 79.9. The van der Waals surface area contributed by atoms with E-state index in [1.807, 2.05) is 0 Å². The van der Waals surface area contributed by atoms with Gasteiger partial charge in [0.2, 0.25) is 0 Å². The molecule has 98 valence electrons. The monoisotopic (exact) mass is 344 g/mol. The summed E-state index contributed by atoms with van der Waals surface area (Å²) < 4.78 is 27.7. The predicted octanol–water partition coefficient (Wildman–Crippen LogP) is 4.81. The third kappa shape index (κ3) is 3.19. The van der Waals surface area contributed by atoms with Crippen LogP contribution in [0.1, 0.15) is 15.9 Å². The lowest BCUT2D eigenvalue weighted by atomic mass is 10.0. The standard InChI is InChI=1S/C14H8BrClF2O/c15-8-4-5-9(13(18)6-8)14(19)7-10-11(16)2-1-3-12(10)17/h1-6H,7H2. The number of benzene rings is 2. The third-order valence-electron chi connectivity index (χ3n) is 2.63.